The van der Waals surface area contributed by atoms with Crippen molar-refractivity contribution in [1.29, 1.82) is 0 Å². The van der Waals surface area contributed by atoms with Crippen LogP contribution in [0.15, 0.2) is 41.3 Å². The summed E-state index contributed by atoms with van der Waals surface area (Å²) < 4.78 is 32.9. The summed E-state index contributed by atoms with van der Waals surface area (Å²) in [5.41, 5.74) is 0.343. The fourth-order valence-electron chi connectivity index (χ4n) is 1.59. The molecule has 112 valence electrons. The van der Waals surface area contributed by atoms with Crippen molar-refractivity contribution in [2.24, 2.45) is 0 Å². The van der Waals surface area contributed by atoms with Crippen LogP contribution in [-0.2, 0) is 10.0 Å². The van der Waals surface area contributed by atoms with Crippen LogP contribution in [0.3, 0.4) is 0 Å². The molecule has 0 unspecified atom stereocenters. The van der Waals surface area contributed by atoms with E-state index in [9.17, 15) is 8.42 Å². The van der Waals surface area contributed by atoms with Gasteiger partial charge in [-0.25, -0.2) is 8.42 Å². The summed E-state index contributed by atoms with van der Waals surface area (Å²) in [5, 5.41) is 0.639. The highest BCUT2D eigenvalue weighted by molar-refractivity contribution is 14.1. The number of sulfonamides is 1. The zero-order valence-corrected chi connectivity index (χ0v) is 15.2. The molecule has 0 aromatic heterocycles. The SMILES string of the molecule is COc1ccc(S(=O)(=O)Nc2ccc(Cl)c(Cl)c2)cc1I. The van der Waals surface area contributed by atoms with Crippen LogP contribution < -0.4 is 9.46 Å². The molecule has 0 heterocycles. The van der Waals surface area contributed by atoms with E-state index in [0.29, 0.717) is 20.0 Å². The van der Waals surface area contributed by atoms with Gasteiger partial charge in [0, 0.05) is 0 Å². The zero-order valence-electron chi connectivity index (χ0n) is 10.7. The molecule has 2 aromatic carbocycles. The lowest BCUT2D eigenvalue weighted by atomic mass is 10.3. The van der Waals surface area contributed by atoms with E-state index in [-0.39, 0.29) is 9.92 Å². The summed E-state index contributed by atoms with van der Waals surface area (Å²) in [6.45, 7) is 0. The van der Waals surface area contributed by atoms with Gasteiger partial charge in [-0.1, -0.05) is 23.2 Å². The molecule has 0 aliphatic carbocycles. The fraction of sp³-hybridized carbons (Fsp3) is 0.0769. The maximum atomic E-state index is 12.3. The monoisotopic (exact) mass is 457 g/mol. The predicted octanol–water partition coefficient (Wildman–Crippen LogP) is 4.41. The number of rotatable bonds is 4. The van der Waals surface area contributed by atoms with Gasteiger partial charge in [-0.05, 0) is 59.0 Å². The minimum atomic E-state index is -3.70. The number of nitrogens with one attached hydrogen (secondary N) is 1. The van der Waals surface area contributed by atoms with Crippen molar-refractivity contribution in [3.8, 4) is 5.75 Å². The van der Waals surface area contributed by atoms with Crippen LogP contribution in [0.5, 0.6) is 5.75 Å². The highest BCUT2D eigenvalue weighted by atomic mass is 127. The molecule has 8 heteroatoms. The largest absolute Gasteiger partial charge is 0.496 e. The van der Waals surface area contributed by atoms with Gasteiger partial charge in [0.15, 0.2) is 0 Å². The first-order chi connectivity index (χ1) is 9.83. The van der Waals surface area contributed by atoms with Gasteiger partial charge < -0.3 is 4.74 Å². The Bertz CT molecular complexity index is 781. The van der Waals surface area contributed by atoms with E-state index in [2.05, 4.69) is 4.72 Å². The molecular formula is C13H10Cl2INO3S. The molecule has 1 N–H and O–H groups in total. The smallest absolute Gasteiger partial charge is 0.261 e. The second-order valence-corrected chi connectivity index (χ2v) is 7.69. The number of anilines is 1. The number of hydrogen-bond acceptors (Lipinski definition) is 3. The standard InChI is InChI=1S/C13H10Cl2INO3S/c1-20-13-5-3-9(7-12(13)16)21(18,19)17-8-2-4-10(14)11(15)6-8/h2-7,17H,1H3. The Balaban J connectivity index is 2.33. The molecular weight excluding hydrogens is 448 g/mol. The van der Waals surface area contributed by atoms with Gasteiger partial charge in [-0.15, -0.1) is 0 Å². The second kappa shape index (κ2) is 6.60. The molecule has 0 amide bonds. The van der Waals surface area contributed by atoms with Gasteiger partial charge >= 0.3 is 0 Å². The van der Waals surface area contributed by atoms with Crippen molar-refractivity contribution in [3.63, 3.8) is 0 Å². The van der Waals surface area contributed by atoms with Crippen molar-refractivity contribution < 1.29 is 13.2 Å². The zero-order chi connectivity index (χ0) is 15.6. The Hall–Kier alpha value is -0.700. The van der Waals surface area contributed by atoms with Gasteiger partial charge in [-0.3, -0.25) is 4.72 Å². The predicted molar refractivity (Wildman–Crippen MR) is 93.0 cm³/mol. The fourth-order valence-corrected chi connectivity index (χ4v) is 3.91. The quantitative estimate of drug-likeness (QED) is 0.692. The third-order valence-electron chi connectivity index (χ3n) is 2.61. The first-order valence-electron chi connectivity index (χ1n) is 5.65. The van der Waals surface area contributed by atoms with Crippen LogP contribution in [0.25, 0.3) is 0 Å². The topological polar surface area (TPSA) is 55.4 Å². The Kier molecular flexibility index (Phi) is 5.24. The minimum Gasteiger partial charge on any atom is -0.496 e. The first-order valence-corrected chi connectivity index (χ1v) is 8.96. The van der Waals surface area contributed by atoms with Gasteiger partial charge in [0.05, 0.1) is 31.3 Å². The molecule has 0 saturated heterocycles. The summed E-state index contributed by atoms with van der Waals surface area (Å²) in [6, 6.07) is 9.13. The first kappa shape index (κ1) is 16.7. The van der Waals surface area contributed by atoms with Crippen molar-refractivity contribution in [3.05, 3.63) is 50.0 Å². The lowest BCUT2D eigenvalue weighted by Crippen LogP contribution is -2.13. The van der Waals surface area contributed by atoms with Crippen molar-refractivity contribution in [2.45, 2.75) is 4.90 Å². The highest BCUT2D eigenvalue weighted by Gasteiger charge is 2.16. The molecule has 0 fully saturated rings. The molecule has 0 spiro atoms. The third kappa shape index (κ3) is 3.94. The van der Waals surface area contributed by atoms with E-state index in [1.54, 1.807) is 12.1 Å². The van der Waals surface area contributed by atoms with Gasteiger partial charge in [0.25, 0.3) is 10.0 Å². The molecule has 2 rings (SSSR count). The average Bonchev–Trinajstić information content (AvgIpc) is 2.42. The van der Waals surface area contributed by atoms with Crippen LogP contribution in [0.1, 0.15) is 0 Å². The summed E-state index contributed by atoms with van der Waals surface area (Å²) in [6.07, 6.45) is 0. The minimum absolute atomic E-state index is 0.138. The average molecular weight is 458 g/mol. The van der Waals surface area contributed by atoms with E-state index in [1.807, 2.05) is 22.6 Å². The van der Waals surface area contributed by atoms with Gasteiger partial charge in [0.1, 0.15) is 5.75 Å². The summed E-state index contributed by atoms with van der Waals surface area (Å²) >= 11 is 13.7. The van der Waals surface area contributed by atoms with E-state index >= 15 is 0 Å². The highest BCUT2D eigenvalue weighted by Crippen LogP contribution is 2.28. The summed E-state index contributed by atoms with van der Waals surface area (Å²) in [7, 11) is -2.18. The lowest BCUT2D eigenvalue weighted by molar-refractivity contribution is 0.411. The molecule has 0 aliphatic rings. The van der Waals surface area contributed by atoms with E-state index < -0.39 is 10.0 Å². The second-order valence-electron chi connectivity index (χ2n) is 4.03. The van der Waals surface area contributed by atoms with E-state index in [1.165, 1.54) is 31.4 Å². The van der Waals surface area contributed by atoms with Crippen molar-refractivity contribution in [1.82, 2.24) is 0 Å². The molecule has 21 heavy (non-hydrogen) atoms. The maximum Gasteiger partial charge on any atom is 0.261 e. The number of benzene rings is 2. The van der Waals surface area contributed by atoms with Crippen LogP contribution in [0, 0.1) is 3.57 Å². The Morgan fingerprint density at radius 2 is 1.81 bits per heavy atom. The van der Waals surface area contributed by atoms with E-state index in [0.717, 1.165) is 0 Å². The number of halogens is 3. The van der Waals surface area contributed by atoms with Crippen molar-refractivity contribution >= 4 is 61.5 Å². The Morgan fingerprint density at radius 3 is 2.38 bits per heavy atom. The molecule has 4 nitrogen and oxygen atoms in total. The van der Waals surface area contributed by atoms with Crippen molar-refractivity contribution in [2.75, 3.05) is 11.8 Å². The summed E-state index contributed by atoms with van der Waals surface area (Å²) in [5.74, 6) is 0.615. The molecule has 0 bridgehead atoms. The van der Waals surface area contributed by atoms with E-state index in [4.69, 9.17) is 27.9 Å². The maximum absolute atomic E-state index is 12.3. The Labute approximate surface area is 146 Å². The van der Waals surface area contributed by atoms with Crippen LogP contribution in [0.2, 0.25) is 10.0 Å². The van der Waals surface area contributed by atoms with Gasteiger partial charge in [-0.2, -0.15) is 0 Å². The number of hydrogen-bond donors (Lipinski definition) is 1. The van der Waals surface area contributed by atoms with Crippen LogP contribution in [-0.4, -0.2) is 15.5 Å². The molecule has 0 aliphatic heterocycles. The number of ether oxygens (including phenoxy) is 1. The third-order valence-corrected chi connectivity index (χ3v) is 5.57. The van der Waals surface area contributed by atoms with Crippen LogP contribution in [0.4, 0.5) is 5.69 Å². The molecule has 0 atom stereocenters. The Morgan fingerprint density at radius 1 is 1.10 bits per heavy atom. The molecule has 0 saturated carbocycles. The number of methoxy groups -OCH3 is 1. The molecule has 0 radical (unpaired) electrons. The van der Waals surface area contributed by atoms with Crippen LogP contribution >= 0.6 is 45.8 Å². The van der Waals surface area contributed by atoms with Gasteiger partial charge in [0.2, 0.25) is 0 Å². The lowest BCUT2D eigenvalue weighted by Gasteiger charge is -2.10. The normalized spacial score (nSPS) is 11.2. The molecule has 2 aromatic rings. The summed E-state index contributed by atoms with van der Waals surface area (Å²) in [4.78, 5) is 0.138.